The van der Waals surface area contributed by atoms with Crippen molar-refractivity contribution in [3.05, 3.63) is 98.6 Å². The van der Waals surface area contributed by atoms with Gasteiger partial charge in [0.1, 0.15) is 5.56 Å². The number of amides is 2. The molecule has 5 rings (SSSR count). The third-order valence-corrected chi connectivity index (χ3v) is 6.59. The van der Waals surface area contributed by atoms with Crippen LogP contribution in [-0.2, 0) is 6.42 Å². The van der Waals surface area contributed by atoms with E-state index in [-0.39, 0.29) is 29.5 Å². The van der Waals surface area contributed by atoms with Crippen LogP contribution < -0.4 is 9.47 Å². The molecule has 3 aromatic carbocycles. The smallest absolute Gasteiger partial charge is 0.282 e. The van der Waals surface area contributed by atoms with Crippen LogP contribution in [0.4, 0.5) is 5.69 Å². The van der Waals surface area contributed by atoms with Gasteiger partial charge in [-0.1, -0.05) is 36.4 Å². The molecule has 0 bridgehead atoms. The average molecular weight is 473 g/mol. The standard InChI is InChI=1S/C26H23N3O6/c1-34-21-13-17-11-12-27(24(16-7-4-3-5-8-16)19(17)14-22(21)35-2)15-28-25(30)18-9-6-10-20(29(32)33)23(18)26(28)31/h3-10,13-14,24H,11-12,15H2,1-2H3. The van der Waals surface area contributed by atoms with Crippen molar-refractivity contribution in [1.29, 1.82) is 0 Å². The van der Waals surface area contributed by atoms with Crippen LogP contribution in [0.1, 0.15) is 43.4 Å². The van der Waals surface area contributed by atoms with Crippen molar-refractivity contribution in [2.24, 2.45) is 0 Å². The van der Waals surface area contributed by atoms with Gasteiger partial charge < -0.3 is 9.47 Å². The number of carbonyl (C=O) groups is 2. The number of methoxy groups -OCH3 is 2. The lowest BCUT2D eigenvalue weighted by Crippen LogP contribution is -2.46. The monoisotopic (exact) mass is 473 g/mol. The van der Waals surface area contributed by atoms with E-state index < -0.39 is 16.7 Å². The minimum absolute atomic E-state index is 0.00313. The van der Waals surface area contributed by atoms with Crippen LogP contribution in [-0.4, -0.2) is 54.0 Å². The lowest BCUT2D eigenvalue weighted by Gasteiger charge is -2.39. The fourth-order valence-electron chi connectivity index (χ4n) is 4.95. The third-order valence-electron chi connectivity index (χ3n) is 6.59. The average Bonchev–Trinajstić information content (AvgIpc) is 3.12. The highest BCUT2D eigenvalue weighted by Crippen LogP contribution is 2.41. The second-order valence-electron chi connectivity index (χ2n) is 8.42. The Morgan fingerprint density at radius 3 is 2.37 bits per heavy atom. The zero-order valence-electron chi connectivity index (χ0n) is 19.3. The van der Waals surface area contributed by atoms with Crippen LogP contribution in [0.5, 0.6) is 11.5 Å². The first kappa shape index (κ1) is 22.5. The Labute approximate surface area is 201 Å². The van der Waals surface area contributed by atoms with Crippen LogP contribution in [0.15, 0.2) is 60.7 Å². The fourth-order valence-corrected chi connectivity index (χ4v) is 4.95. The van der Waals surface area contributed by atoms with Gasteiger partial charge in [-0.2, -0.15) is 0 Å². The summed E-state index contributed by atoms with van der Waals surface area (Å²) in [6, 6.07) is 17.6. The summed E-state index contributed by atoms with van der Waals surface area (Å²) in [4.78, 5) is 40.4. The Morgan fingerprint density at radius 2 is 1.69 bits per heavy atom. The number of benzene rings is 3. The minimum Gasteiger partial charge on any atom is -0.493 e. The molecule has 1 unspecified atom stereocenters. The topological polar surface area (TPSA) is 102 Å². The summed E-state index contributed by atoms with van der Waals surface area (Å²) in [5.74, 6) is 0.0467. The summed E-state index contributed by atoms with van der Waals surface area (Å²) >= 11 is 0. The number of fused-ring (bicyclic) bond motifs is 2. The highest BCUT2D eigenvalue weighted by molar-refractivity contribution is 6.23. The summed E-state index contributed by atoms with van der Waals surface area (Å²) in [5.41, 5.74) is 2.62. The first-order chi connectivity index (χ1) is 16.9. The zero-order chi connectivity index (χ0) is 24.7. The largest absolute Gasteiger partial charge is 0.493 e. The first-order valence-electron chi connectivity index (χ1n) is 11.1. The Kier molecular flexibility index (Phi) is 5.70. The highest BCUT2D eigenvalue weighted by atomic mass is 16.6. The molecule has 0 radical (unpaired) electrons. The van der Waals surface area contributed by atoms with Gasteiger partial charge >= 0.3 is 0 Å². The third kappa shape index (κ3) is 3.70. The van der Waals surface area contributed by atoms with E-state index in [1.54, 1.807) is 14.2 Å². The van der Waals surface area contributed by atoms with Crippen molar-refractivity contribution >= 4 is 17.5 Å². The molecule has 3 aromatic rings. The van der Waals surface area contributed by atoms with Gasteiger partial charge in [0.15, 0.2) is 11.5 Å². The van der Waals surface area contributed by atoms with Gasteiger partial charge in [-0.15, -0.1) is 0 Å². The van der Waals surface area contributed by atoms with Crippen molar-refractivity contribution in [2.45, 2.75) is 12.5 Å². The van der Waals surface area contributed by atoms with Crippen molar-refractivity contribution < 1.29 is 24.0 Å². The van der Waals surface area contributed by atoms with E-state index >= 15 is 0 Å². The second kappa shape index (κ2) is 8.84. The van der Waals surface area contributed by atoms with Gasteiger partial charge in [0.05, 0.1) is 37.4 Å². The number of ether oxygens (including phenoxy) is 2. The van der Waals surface area contributed by atoms with Gasteiger partial charge in [0.25, 0.3) is 17.5 Å². The molecule has 178 valence electrons. The fraction of sp³-hybridized carbons (Fsp3) is 0.231. The van der Waals surface area contributed by atoms with Crippen LogP contribution in [0, 0.1) is 10.1 Å². The Hall–Kier alpha value is -4.24. The number of carbonyl (C=O) groups excluding carboxylic acids is 2. The van der Waals surface area contributed by atoms with Crippen molar-refractivity contribution in [2.75, 3.05) is 27.4 Å². The molecule has 1 atom stereocenters. The molecular weight excluding hydrogens is 450 g/mol. The predicted molar refractivity (Wildman–Crippen MR) is 127 cm³/mol. The van der Waals surface area contributed by atoms with Gasteiger partial charge in [0, 0.05) is 12.6 Å². The molecule has 2 aliphatic rings. The van der Waals surface area contributed by atoms with E-state index in [1.165, 1.54) is 18.2 Å². The summed E-state index contributed by atoms with van der Waals surface area (Å²) in [5, 5.41) is 11.5. The molecule has 2 heterocycles. The Bertz CT molecular complexity index is 1340. The molecule has 9 nitrogen and oxygen atoms in total. The molecule has 35 heavy (non-hydrogen) atoms. The zero-order valence-corrected chi connectivity index (χ0v) is 19.3. The molecule has 0 aliphatic carbocycles. The maximum Gasteiger partial charge on any atom is 0.282 e. The number of nitro benzene ring substituents is 1. The molecule has 0 aromatic heterocycles. The summed E-state index contributed by atoms with van der Waals surface area (Å²) in [6.45, 7) is 0.564. The number of imide groups is 1. The van der Waals surface area contributed by atoms with Crippen LogP contribution in [0.25, 0.3) is 0 Å². The Balaban J connectivity index is 1.55. The normalized spacial score (nSPS) is 17.2. The van der Waals surface area contributed by atoms with Crippen LogP contribution in [0.2, 0.25) is 0 Å². The van der Waals surface area contributed by atoms with Gasteiger partial charge in [0.2, 0.25) is 0 Å². The van der Waals surface area contributed by atoms with Crippen molar-refractivity contribution in [3.63, 3.8) is 0 Å². The number of rotatable bonds is 6. The summed E-state index contributed by atoms with van der Waals surface area (Å²) in [7, 11) is 3.17. The number of nitrogens with zero attached hydrogens (tertiary/aromatic N) is 3. The van der Waals surface area contributed by atoms with Crippen LogP contribution in [0.3, 0.4) is 0 Å². The minimum atomic E-state index is -0.651. The first-order valence-corrected chi connectivity index (χ1v) is 11.1. The maximum absolute atomic E-state index is 13.2. The highest BCUT2D eigenvalue weighted by Gasteiger charge is 2.43. The molecule has 0 N–H and O–H groups in total. The van der Waals surface area contributed by atoms with Crippen LogP contribution >= 0.6 is 0 Å². The van der Waals surface area contributed by atoms with E-state index in [0.717, 1.165) is 21.6 Å². The lowest BCUT2D eigenvalue weighted by molar-refractivity contribution is -0.385. The number of hydrogen-bond donors (Lipinski definition) is 0. The molecule has 0 fully saturated rings. The molecule has 0 saturated heterocycles. The SMILES string of the molecule is COc1cc2c(cc1OC)C(c1ccccc1)N(CN1C(=O)c3cccc([N+](=O)[O-])c3C1=O)CC2. The Morgan fingerprint density at radius 1 is 0.971 bits per heavy atom. The van der Waals surface area contributed by atoms with Crippen molar-refractivity contribution in [3.8, 4) is 11.5 Å². The van der Waals surface area contributed by atoms with E-state index in [4.69, 9.17) is 9.47 Å². The second-order valence-corrected chi connectivity index (χ2v) is 8.42. The predicted octanol–water partition coefficient (Wildman–Crippen LogP) is 3.81. The summed E-state index contributed by atoms with van der Waals surface area (Å²) < 4.78 is 11.0. The van der Waals surface area contributed by atoms with Gasteiger partial charge in [-0.25, -0.2) is 0 Å². The molecule has 2 aliphatic heterocycles. The van der Waals surface area contributed by atoms with E-state index in [0.29, 0.717) is 24.5 Å². The molecule has 0 spiro atoms. The molecule has 2 amide bonds. The van der Waals surface area contributed by atoms with E-state index in [1.807, 2.05) is 47.4 Å². The van der Waals surface area contributed by atoms with Crippen molar-refractivity contribution in [1.82, 2.24) is 9.80 Å². The lowest BCUT2D eigenvalue weighted by atomic mass is 9.88. The molecule has 9 heteroatoms. The molecule has 0 saturated carbocycles. The maximum atomic E-state index is 13.2. The molecular formula is C26H23N3O6. The quantitative estimate of drug-likeness (QED) is 0.305. The van der Waals surface area contributed by atoms with Gasteiger partial charge in [-0.3, -0.25) is 29.5 Å². The number of nitro groups is 1. The number of hydrogen-bond acceptors (Lipinski definition) is 7. The van der Waals surface area contributed by atoms with Gasteiger partial charge in [-0.05, 0) is 41.3 Å². The van der Waals surface area contributed by atoms with E-state index in [9.17, 15) is 19.7 Å². The summed E-state index contributed by atoms with van der Waals surface area (Å²) in [6.07, 6.45) is 0.669. The van der Waals surface area contributed by atoms with E-state index in [2.05, 4.69) is 0 Å².